The molecular formula is C20H25N3O4. The second-order valence-electron chi connectivity index (χ2n) is 7.70. The van der Waals surface area contributed by atoms with Gasteiger partial charge >= 0.3 is 5.97 Å². The minimum atomic E-state index is -0.480. The highest BCUT2D eigenvalue weighted by Gasteiger charge is 2.55. The molecule has 3 saturated carbocycles. The topological polar surface area (TPSA) is 96.5 Å². The molecule has 27 heavy (non-hydrogen) atoms. The van der Waals surface area contributed by atoms with E-state index in [0.717, 1.165) is 24.9 Å². The van der Waals surface area contributed by atoms with E-state index in [1.807, 2.05) is 24.3 Å². The highest BCUT2D eigenvalue weighted by atomic mass is 16.5. The molecule has 144 valence electrons. The van der Waals surface area contributed by atoms with Crippen LogP contribution in [0.4, 0.5) is 5.69 Å². The van der Waals surface area contributed by atoms with Gasteiger partial charge in [0.2, 0.25) is 5.91 Å². The first kappa shape index (κ1) is 17.8. The third-order valence-electron chi connectivity index (χ3n) is 6.19. The zero-order valence-corrected chi connectivity index (χ0v) is 15.4. The Bertz CT molecular complexity index is 780. The van der Waals surface area contributed by atoms with E-state index in [1.54, 1.807) is 6.92 Å². The van der Waals surface area contributed by atoms with Crippen LogP contribution in [0.1, 0.15) is 43.0 Å². The Balaban J connectivity index is 1.46. The van der Waals surface area contributed by atoms with Crippen molar-refractivity contribution < 1.29 is 19.1 Å². The predicted octanol–water partition coefficient (Wildman–Crippen LogP) is 1.65. The van der Waals surface area contributed by atoms with Crippen molar-refractivity contribution in [2.75, 3.05) is 18.5 Å². The summed E-state index contributed by atoms with van der Waals surface area (Å²) < 4.78 is 4.87. The van der Waals surface area contributed by atoms with Gasteiger partial charge in [0, 0.05) is 17.5 Å². The molecule has 3 aliphatic carbocycles. The number of esters is 1. The van der Waals surface area contributed by atoms with Crippen molar-refractivity contribution in [1.29, 1.82) is 0 Å². The molecule has 3 unspecified atom stereocenters. The third kappa shape index (κ3) is 3.15. The van der Waals surface area contributed by atoms with Gasteiger partial charge in [-0.1, -0.05) is 12.1 Å². The SMILES string of the molecule is CCOC(=O)CNC(=O)C1CC2CCC1C[C@@]21NC(=O)c2ccccc2N1. The van der Waals surface area contributed by atoms with E-state index in [4.69, 9.17) is 4.74 Å². The Morgan fingerprint density at radius 3 is 2.81 bits per heavy atom. The quantitative estimate of drug-likeness (QED) is 0.700. The second-order valence-corrected chi connectivity index (χ2v) is 7.70. The summed E-state index contributed by atoms with van der Waals surface area (Å²) in [7, 11) is 0. The summed E-state index contributed by atoms with van der Waals surface area (Å²) >= 11 is 0. The number of rotatable bonds is 4. The van der Waals surface area contributed by atoms with Crippen molar-refractivity contribution in [2.24, 2.45) is 17.8 Å². The van der Waals surface area contributed by atoms with Crippen LogP contribution in [0.2, 0.25) is 0 Å². The van der Waals surface area contributed by atoms with Crippen LogP contribution in [0.15, 0.2) is 24.3 Å². The molecule has 2 amide bonds. The zero-order valence-electron chi connectivity index (χ0n) is 15.4. The number of ether oxygens (including phenoxy) is 1. The number of nitrogens with one attached hydrogen (secondary N) is 3. The zero-order chi connectivity index (χ0) is 19.0. The number of para-hydroxylation sites is 1. The summed E-state index contributed by atoms with van der Waals surface area (Å²) in [5, 5.41) is 9.47. The molecule has 5 rings (SSSR count). The van der Waals surface area contributed by atoms with Gasteiger partial charge in [-0.2, -0.15) is 0 Å². The third-order valence-corrected chi connectivity index (χ3v) is 6.19. The minimum Gasteiger partial charge on any atom is -0.465 e. The second kappa shape index (κ2) is 6.87. The molecule has 0 aromatic heterocycles. The Morgan fingerprint density at radius 2 is 2.07 bits per heavy atom. The highest BCUT2D eigenvalue weighted by Crippen LogP contribution is 2.51. The van der Waals surface area contributed by atoms with Crippen LogP contribution in [0.3, 0.4) is 0 Å². The molecule has 0 saturated heterocycles. The van der Waals surface area contributed by atoms with Gasteiger partial charge in [0.15, 0.2) is 0 Å². The van der Waals surface area contributed by atoms with Crippen molar-refractivity contribution in [3.8, 4) is 0 Å². The highest BCUT2D eigenvalue weighted by molar-refractivity contribution is 6.02. The van der Waals surface area contributed by atoms with Crippen LogP contribution in [0.5, 0.6) is 0 Å². The summed E-state index contributed by atoms with van der Waals surface area (Å²) in [4.78, 5) is 36.7. The van der Waals surface area contributed by atoms with Crippen LogP contribution in [0.25, 0.3) is 0 Å². The first-order valence-corrected chi connectivity index (χ1v) is 9.65. The normalized spacial score (nSPS) is 30.9. The lowest BCUT2D eigenvalue weighted by atomic mass is 9.58. The van der Waals surface area contributed by atoms with Crippen molar-refractivity contribution in [1.82, 2.24) is 10.6 Å². The largest absolute Gasteiger partial charge is 0.465 e. The number of benzene rings is 1. The molecule has 1 spiro atoms. The molecule has 1 heterocycles. The lowest BCUT2D eigenvalue weighted by Gasteiger charge is -2.56. The van der Waals surface area contributed by atoms with E-state index >= 15 is 0 Å². The molecule has 1 aromatic carbocycles. The molecule has 4 atom stereocenters. The summed E-state index contributed by atoms with van der Waals surface area (Å²) in [5.41, 5.74) is 1.04. The first-order valence-electron chi connectivity index (χ1n) is 9.65. The minimum absolute atomic E-state index is 0.0554. The number of fused-ring (bicyclic) bond motifs is 3. The first-order chi connectivity index (χ1) is 13.0. The number of anilines is 1. The van der Waals surface area contributed by atoms with E-state index in [9.17, 15) is 14.4 Å². The Hall–Kier alpha value is -2.57. The van der Waals surface area contributed by atoms with E-state index in [-0.39, 0.29) is 36.1 Å². The number of hydrogen-bond acceptors (Lipinski definition) is 5. The summed E-state index contributed by atoms with van der Waals surface area (Å²) in [6.07, 6.45) is 3.36. The predicted molar refractivity (Wildman–Crippen MR) is 98.8 cm³/mol. The molecule has 2 bridgehead atoms. The van der Waals surface area contributed by atoms with Gasteiger partial charge in [-0.25, -0.2) is 0 Å². The maximum absolute atomic E-state index is 12.6. The Kier molecular flexibility index (Phi) is 4.53. The maximum Gasteiger partial charge on any atom is 0.325 e. The van der Waals surface area contributed by atoms with Crippen molar-refractivity contribution in [3.05, 3.63) is 29.8 Å². The average Bonchev–Trinajstić information content (AvgIpc) is 2.66. The van der Waals surface area contributed by atoms with Gasteiger partial charge in [-0.15, -0.1) is 0 Å². The number of carbonyl (C=O) groups excluding carboxylic acids is 3. The number of amides is 2. The lowest BCUT2D eigenvalue weighted by molar-refractivity contribution is -0.145. The fourth-order valence-electron chi connectivity index (χ4n) is 4.97. The standard InChI is InChI=1S/C20H25N3O4/c1-2-27-17(24)11-21-18(25)15-9-13-8-7-12(15)10-20(13)22-16-6-4-3-5-14(16)19(26)23-20/h3-6,12-13,15,22H,2,7-11H2,1H3,(H,21,25)(H,23,26)/t12?,13?,15?,20-/m1/s1. The molecule has 4 aliphatic rings. The van der Waals surface area contributed by atoms with E-state index in [0.29, 0.717) is 18.6 Å². The fraction of sp³-hybridized carbons (Fsp3) is 0.550. The number of hydrogen-bond donors (Lipinski definition) is 3. The summed E-state index contributed by atoms with van der Waals surface area (Å²) in [6, 6.07) is 7.53. The molecule has 1 aromatic rings. The van der Waals surface area contributed by atoms with E-state index in [2.05, 4.69) is 16.0 Å². The fourth-order valence-corrected chi connectivity index (χ4v) is 4.97. The Labute approximate surface area is 158 Å². The molecule has 1 aliphatic heterocycles. The lowest BCUT2D eigenvalue weighted by Crippen LogP contribution is -2.68. The van der Waals surface area contributed by atoms with Gasteiger partial charge in [-0.05, 0) is 50.7 Å². The van der Waals surface area contributed by atoms with Crippen LogP contribution in [-0.2, 0) is 14.3 Å². The maximum atomic E-state index is 12.6. The van der Waals surface area contributed by atoms with Gasteiger partial charge in [-0.3, -0.25) is 14.4 Å². The Morgan fingerprint density at radius 1 is 1.26 bits per heavy atom. The average molecular weight is 371 g/mol. The molecule has 7 heteroatoms. The van der Waals surface area contributed by atoms with E-state index < -0.39 is 11.6 Å². The number of carbonyl (C=O) groups is 3. The monoisotopic (exact) mass is 371 g/mol. The van der Waals surface area contributed by atoms with Crippen LogP contribution in [-0.4, -0.2) is 36.6 Å². The molecular weight excluding hydrogens is 346 g/mol. The van der Waals surface area contributed by atoms with Crippen molar-refractivity contribution in [2.45, 2.75) is 38.3 Å². The van der Waals surface area contributed by atoms with Crippen LogP contribution < -0.4 is 16.0 Å². The van der Waals surface area contributed by atoms with Crippen LogP contribution in [0, 0.1) is 17.8 Å². The summed E-state index contributed by atoms with van der Waals surface area (Å²) in [6.45, 7) is 1.95. The molecule has 7 nitrogen and oxygen atoms in total. The molecule has 3 N–H and O–H groups in total. The van der Waals surface area contributed by atoms with E-state index in [1.165, 1.54) is 0 Å². The molecule has 3 fully saturated rings. The van der Waals surface area contributed by atoms with Gasteiger partial charge in [0.25, 0.3) is 5.91 Å². The van der Waals surface area contributed by atoms with Gasteiger partial charge < -0.3 is 20.7 Å². The van der Waals surface area contributed by atoms with Gasteiger partial charge in [0.1, 0.15) is 12.2 Å². The molecule has 0 radical (unpaired) electrons. The summed E-state index contributed by atoms with van der Waals surface area (Å²) in [5.74, 6) is -0.329. The smallest absolute Gasteiger partial charge is 0.325 e. The van der Waals surface area contributed by atoms with Crippen molar-refractivity contribution in [3.63, 3.8) is 0 Å². The van der Waals surface area contributed by atoms with Gasteiger partial charge in [0.05, 0.1) is 12.2 Å². The van der Waals surface area contributed by atoms with Crippen LogP contribution >= 0.6 is 0 Å². The van der Waals surface area contributed by atoms with Crippen molar-refractivity contribution >= 4 is 23.5 Å².